The van der Waals surface area contributed by atoms with Crippen molar-refractivity contribution in [1.82, 2.24) is 14.5 Å². The molecule has 0 aromatic carbocycles. The number of likely N-dealkylation sites (tertiary alicyclic amines) is 1. The lowest BCUT2D eigenvalue weighted by atomic mass is 9.96. The van der Waals surface area contributed by atoms with Gasteiger partial charge in [-0.05, 0) is 38.1 Å². The van der Waals surface area contributed by atoms with Gasteiger partial charge in [-0.2, -0.15) is 0 Å². The molecule has 2 aromatic heterocycles. The Labute approximate surface area is 187 Å². The first-order valence-electron chi connectivity index (χ1n) is 10.8. The van der Waals surface area contributed by atoms with E-state index >= 15 is 0 Å². The first-order chi connectivity index (χ1) is 15.2. The van der Waals surface area contributed by atoms with Crippen LogP contribution in [-0.2, 0) is 25.7 Å². The molecule has 1 saturated heterocycles. The number of aromatic nitrogens is 2. The van der Waals surface area contributed by atoms with Gasteiger partial charge >= 0.3 is 0 Å². The molecular formula is C22H32N4O4S. The molecule has 9 heteroatoms. The molecule has 0 atom stereocenters. The summed E-state index contributed by atoms with van der Waals surface area (Å²) in [6, 6.07) is 3.95. The van der Waals surface area contributed by atoms with E-state index in [1.54, 1.807) is 11.3 Å². The van der Waals surface area contributed by atoms with Gasteiger partial charge in [-0.3, -0.25) is 4.79 Å². The molecular weight excluding hydrogens is 416 g/mol. The monoisotopic (exact) mass is 448 g/mol. The maximum Gasteiger partial charge on any atom is 0.263 e. The molecule has 1 amide bonds. The van der Waals surface area contributed by atoms with Gasteiger partial charge in [0.15, 0.2) is 6.61 Å². The SMILES string of the molecule is CCOCCOCCn1ccnc1C1CCN(C(=O)CON=C(C)c2cccs2)CC1. The first-order valence-corrected chi connectivity index (χ1v) is 11.7. The summed E-state index contributed by atoms with van der Waals surface area (Å²) in [6.07, 6.45) is 5.63. The van der Waals surface area contributed by atoms with Gasteiger partial charge in [-0.25, -0.2) is 4.98 Å². The van der Waals surface area contributed by atoms with Crippen molar-refractivity contribution in [2.24, 2.45) is 5.16 Å². The fourth-order valence-electron chi connectivity index (χ4n) is 3.59. The summed E-state index contributed by atoms with van der Waals surface area (Å²) in [5.41, 5.74) is 0.787. The predicted octanol–water partition coefficient (Wildman–Crippen LogP) is 3.14. The number of amides is 1. The lowest BCUT2D eigenvalue weighted by molar-refractivity contribution is -0.137. The van der Waals surface area contributed by atoms with Crippen LogP contribution in [0, 0.1) is 0 Å². The van der Waals surface area contributed by atoms with Crippen LogP contribution >= 0.6 is 11.3 Å². The van der Waals surface area contributed by atoms with E-state index in [2.05, 4.69) is 14.7 Å². The highest BCUT2D eigenvalue weighted by molar-refractivity contribution is 7.12. The van der Waals surface area contributed by atoms with Crippen molar-refractivity contribution in [3.63, 3.8) is 0 Å². The minimum Gasteiger partial charge on any atom is -0.385 e. The largest absolute Gasteiger partial charge is 0.385 e. The Morgan fingerprint density at radius 3 is 2.81 bits per heavy atom. The highest BCUT2D eigenvalue weighted by atomic mass is 32.1. The Kier molecular flexibility index (Phi) is 9.51. The normalized spacial score (nSPS) is 15.4. The third kappa shape index (κ3) is 7.15. The van der Waals surface area contributed by atoms with Crippen LogP contribution in [0.3, 0.4) is 0 Å². The predicted molar refractivity (Wildman–Crippen MR) is 121 cm³/mol. The topological polar surface area (TPSA) is 78.2 Å². The molecule has 2 aromatic rings. The summed E-state index contributed by atoms with van der Waals surface area (Å²) in [6.45, 7) is 8.60. The van der Waals surface area contributed by atoms with Gasteiger partial charge in [-0.1, -0.05) is 11.2 Å². The zero-order valence-electron chi connectivity index (χ0n) is 18.4. The van der Waals surface area contributed by atoms with Crippen molar-refractivity contribution in [3.05, 3.63) is 40.6 Å². The van der Waals surface area contributed by atoms with E-state index < -0.39 is 0 Å². The van der Waals surface area contributed by atoms with Gasteiger partial charge < -0.3 is 23.8 Å². The quantitative estimate of drug-likeness (QED) is 0.283. The molecule has 3 rings (SSSR count). The number of rotatable bonds is 12. The zero-order valence-corrected chi connectivity index (χ0v) is 19.2. The number of oxime groups is 1. The van der Waals surface area contributed by atoms with Crippen LogP contribution in [0.25, 0.3) is 0 Å². The highest BCUT2D eigenvalue weighted by Crippen LogP contribution is 2.27. The molecule has 3 heterocycles. The molecule has 170 valence electrons. The van der Waals surface area contributed by atoms with Crippen LogP contribution in [0.4, 0.5) is 0 Å². The first kappa shape index (κ1) is 23.4. The Morgan fingerprint density at radius 1 is 1.26 bits per heavy atom. The van der Waals surface area contributed by atoms with Crippen molar-refractivity contribution in [2.45, 2.75) is 39.2 Å². The fourth-order valence-corrected chi connectivity index (χ4v) is 4.26. The summed E-state index contributed by atoms with van der Waals surface area (Å²) in [4.78, 5) is 25.2. The smallest absolute Gasteiger partial charge is 0.263 e. The maximum atomic E-state index is 12.5. The third-order valence-electron chi connectivity index (χ3n) is 5.28. The van der Waals surface area contributed by atoms with Gasteiger partial charge in [-0.15, -0.1) is 11.3 Å². The van der Waals surface area contributed by atoms with Crippen LogP contribution in [0.2, 0.25) is 0 Å². The second kappa shape index (κ2) is 12.6. The van der Waals surface area contributed by atoms with E-state index in [1.807, 2.05) is 48.7 Å². The lowest BCUT2D eigenvalue weighted by Crippen LogP contribution is -2.40. The standard InChI is InChI=1S/C22H32N4O4S/c1-3-28-14-15-29-13-12-26-11-8-23-22(26)19-6-9-25(10-7-19)21(27)17-30-24-18(2)20-5-4-16-31-20/h4-5,8,11,16,19H,3,6-7,9-10,12-15,17H2,1-2H3. The maximum absolute atomic E-state index is 12.5. The van der Waals surface area contributed by atoms with Crippen LogP contribution in [0.5, 0.6) is 0 Å². The molecule has 0 radical (unpaired) electrons. The van der Waals surface area contributed by atoms with Crippen molar-refractivity contribution in [3.8, 4) is 0 Å². The van der Waals surface area contributed by atoms with Gasteiger partial charge in [0.05, 0.1) is 30.4 Å². The number of thiophene rings is 1. The molecule has 0 N–H and O–H groups in total. The summed E-state index contributed by atoms with van der Waals surface area (Å²) in [7, 11) is 0. The number of nitrogens with zero attached hydrogens (tertiary/aromatic N) is 4. The fraction of sp³-hybridized carbons (Fsp3) is 0.591. The van der Waals surface area contributed by atoms with E-state index in [0.717, 1.165) is 35.8 Å². The van der Waals surface area contributed by atoms with E-state index in [9.17, 15) is 4.79 Å². The van der Waals surface area contributed by atoms with Gasteiger partial charge in [0, 0.05) is 44.6 Å². The van der Waals surface area contributed by atoms with Gasteiger partial charge in [0.2, 0.25) is 0 Å². The van der Waals surface area contributed by atoms with Crippen molar-refractivity contribution < 1.29 is 19.1 Å². The van der Waals surface area contributed by atoms with E-state index in [-0.39, 0.29) is 12.5 Å². The van der Waals surface area contributed by atoms with E-state index in [4.69, 9.17) is 14.3 Å². The van der Waals surface area contributed by atoms with Crippen LogP contribution in [0.1, 0.15) is 43.3 Å². The third-order valence-corrected chi connectivity index (χ3v) is 6.26. The Morgan fingerprint density at radius 2 is 2.06 bits per heavy atom. The molecule has 0 unspecified atom stereocenters. The van der Waals surface area contributed by atoms with Crippen molar-refractivity contribution in [1.29, 1.82) is 0 Å². The summed E-state index contributed by atoms with van der Waals surface area (Å²) in [5, 5.41) is 6.06. The minimum atomic E-state index is -0.0267. The molecule has 0 spiro atoms. The molecule has 31 heavy (non-hydrogen) atoms. The van der Waals surface area contributed by atoms with Crippen LogP contribution in [0.15, 0.2) is 35.1 Å². The number of ether oxygens (including phenoxy) is 2. The Hall–Kier alpha value is -2.23. The highest BCUT2D eigenvalue weighted by Gasteiger charge is 2.26. The molecule has 0 bridgehead atoms. The van der Waals surface area contributed by atoms with E-state index in [0.29, 0.717) is 45.4 Å². The molecule has 0 saturated carbocycles. The molecule has 1 fully saturated rings. The van der Waals surface area contributed by atoms with Crippen LogP contribution < -0.4 is 0 Å². The second-order valence-electron chi connectivity index (χ2n) is 7.37. The number of hydrogen-bond acceptors (Lipinski definition) is 7. The van der Waals surface area contributed by atoms with Crippen LogP contribution in [-0.4, -0.2) is 72.2 Å². The number of carbonyl (C=O) groups excluding carboxylic acids is 1. The molecule has 0 aliphatic carbocycles. The number of carbonyl (C=O) groups is 1. The average molecular weight is 449 g/mol. The van der Waals surface area contributed by atoms with Crippen molar-refractivity contribution in [2.75, 3.05) is 46.1 Å². The average Bonchev–Trinajstić information content (AvgIpc) is 3.48. The summed E-state index contributed by atoms with van der Waals surface area (Å²) >= 11 is 1.60. The zero-order chi connectivity index (χ0) is 21.9. The number of imidazole rings is 1. The van der Waals surface area contributed by atoms with Gasteiger partial charge in [0.1, 0.15) is 5.82 Å². The number of hydrogen-bond donors (Lipinski definition) is 0. The molecule has 8 nitrogen and oxygen atoms in total. The number of piperidine rings is 1. The second-order valence-corrected chi connectivity index (χ2v) is 8.32. The summed E-state index contributed by atoms with van der Waals surface area (Å²) in [5.74, 6) is 1.41. The summed E-state index contributed by atoms with van der Waals surface area (Å²) < 4.78 is 13.1. The van der Waals surface area contributed by atoms with Gasteiger partial charge in [0.25, 0.3) is 5.91 Å². The van der Waals surface area contributed by atoms with Crippen molar-refractivity contribution >= 4 is 23.0 Å². The lowest BCUT2D eigenvalue weighted by Gasteiger charge is -2.31. The molecule has 1 aliphatic rings. The van der Waals surface area contributed by atoms with E-state index in [1.165, 1.54) is 0 Å². The minimum absolute atomic E-state index is 0.0211. The Balaban J connectivity index is 1.39. The molecule has 1 aliphatic heterocycles. The Bertz CT molecular complexity index is 813.